The van der Waals surface area contributed by atoms with Crippen molar-refractivity contribution in [1.29, 1.82) is 0 Å². The van der Waals surface area contributed by atoms with Gasteiger partial charge < -0.3 is 16.2 Å². The SMILES string of the molecule is Nc1ccc(C(=O)Nc2ccccc2C(=O)O)c(Cl)c1. The average Bonchev–Trinajstić information content (AvgIpc) is 2.38. The number of nitrogens with one attached hydrogen (secondary N) is 1. The zero-order valence-corrected chi connectivity index (χ0v) is 11.0. The maximum Gasteiger partial charge on any atom is 0.337 e. The van der Waals surface area contributed by atoms with Crippen LogP contribution < -0.4 is 11.1 Å². The molecular formula is C14H11ClN2O3. The molecule has 2 aromatic carbocycles. The van der Waals surface area contributed by atoms with Crippen molar-refractivity contribution in [3.05, 3.63) is 58.6 Å². The van der Waals surface area contributed by atoms with Crippen LogP contribution in [0.15, 0.2) is 42.5 Å². The van der Waals surface area contributed by atoms with Gasteiger partial charge in [0, 0.05) is 5.69 Å². The minimum Gasteiger partial charge on any atom is -0.478 e. The first-order chi connectivity index (χ1) is 9.49. The van der Waals surface area contributed by atoms with Crippen LogP contribution in [0.1, 0.15) is 20.7 Å². The Morgan fingerprint density at radius 1 is 1.10 bits per heavy atom. The number of para-hydroxylation sites is 1. The first-order valence-corrected chi connectivity index (χ1v) is 6.05. The molecule has 2 rings (SSSR count). The first-order valence-electron chi connectivity index (χ1n) is 5.67. The molecule has 4 N–H and O–H groups in total. The van der Waals surface area contributed by atoms with Gasteiger partial charge >= 0.3 is 5.97 Å². The Morgan fingerprint density at radius 2 is 1.80 bits per heavy atom. The highest BCUT2D eigenvalue weighted by Crippen LogP contribution is 2.22. The van der Waals surface area contributed by atoms with Gasteiger partial charge in [-0.05, 0) is 30.3 Å². The van der Waals surface area contributed by atoms with E-state index < -0.39 is 11.9 Å². The largest absolute Gasteiger partial charge is 0.478 e. The van der Waals surface area contributed by atoms with Crippen LogP contribution in [0.5, 0.6) is 0 Å². The van der Waals surface area contributed by atoms with Crippen molar-refractivity contribution in [3.63, 3.8) is 0 Å². The molecule has 0 unspecified atom stereocenters. The molecule has 0 aliphatic carbocycles. The van der Waals surface area contributed by atoms with E-state index in [4.69, 9.17) is 22.4 Å². The average molecular weight is 291 g/mol. The van der Waals surface area contributed by atoms with Gasteiger partial charge in [0.2, 0.25) is 0 Å². The summed E-state index contributed by atoms with van der Waals surface area (Å²) in [6.07, 6.45) is 0. The van der Waals surface area contributed by atoms with Crippen molar-refractivity contribution in [2.45, 2.75) is 0 Å². The summed E-state index contributed by atoms with van der Waals surface area (Å²) < 4.78 is 0. The van der Waals surface area contributed by atoms with Gasteiger partial charge in [0.05, 0.1) is 21.8 Å². The zero-order chi connectivity index (χ0) is 14.7. The maximum atomic E-state index is 12.1. The second-order valence-electron chi connectivity index (χ2n) is 4.04. The van der Waals surface area contributed by atoms with Crippen LogP contribution in [0.2, 0.25) is 5.02 Å². The lowest BCUT2D eigenvalue weighted by atomic mass is 10.1. The highest BCUT2D eigenvalue weighted by Gasteiger charge is 2.15. The molecule has 5 nitrogen and oxygen atoms in total. The standard InChI is InChI=1S/C14H11ClN2O3/c15-11-7-8(16)5-6-9(11)13(18)17-12-4-2-1-3-10(12)14(19)20/h1-7H,16H2,(H,17,18)(H,19,20). The lowest BCUT2D eigenvalue weighted by molar-refractivity contribution is 0.0698. The van der Waals surface area contributed by atoms with E-state index >= 15 is 0 Å². The number of rotatable bonds is 3. The number of carbonyl (C=O) groups excluding carboxylic acids is 1. The number of aromatic carboxylic acids is 1. The monoisotopic (exact) mass is 290 g/mol. The minimum atomic E-state index is -1.12. The van der Waals surface area contributed by atoms with Crippen molar-refractivity contribution in [1.82, 2.24) is 0 Å². The molecule has 0 bridgehead atoms. The number of anilines is 2. The van der Waals surface area contributed by atoms with Crippen LogP contribution in [0.3, 0.4) is 0 Å². The second kappa shape index (κ2) is 5.63. The summed E-state index contributed by atoms with van der Waals surface area (Å²) in [4.78, 5) is 23.1. The Kier molecular flexibility index (Phi) is 3.91. The number of carbonyl (C=O) groups is 2. The number of nitrogens with two attached hydrogens (primary N) is 1. The fourth-order valence-corrected chi connectivity index (χ4v) is 1.96. The first kappa shape index (κ1) is 13.9. The van der Waals surface area contributed by atoms with Crippen molar-refractivity contribution in [2.75, 3.05) is 11.1 Å². The third-order valence-electron chi connectivity index (χ3n) is 2.64. The van der Waals surface area contributed by atoms with Crippen molar-refractivity contribution >= 4 is 34.9 Å². The molecule has 0 heterocycles. The topological polar surface area (TPSA) is 92.4 Å². The molecule has 102 valence electrons. The van der Waals surface area contributed by atoms with E-state index in [0.717, 1.165) is 0 Å². The number of carboxylic acids is 1. The van der Waals surface area contributed by atoms with E-state index in [0.29, 0.717) is 5.69 Å². The molecule has 2 aromatic rings. The normalized spacial score (nSPS) is 10.1. The third kappa shape index (κ3) is 2.89. The Bertz CT molecular complexity index is 686. The van der Waals surface area contributed by atoms with Crippen LogP contribution in [-0.4, -0.2) is 17.0 Å². The van der Waals surface area contributed by atoms with E-state index in [-0.39, 0.29) is 21.8 Å². The number of hydrogen-bond acceptors (Lipinski definition) is 3. The quantitative estimate of drug-likeness (QED) is 0.758. The Balaban J connectivity index is 2.30. The van der Waals surface area contributed by atoms with Crippen molar-refractivity contribution in [3.8, 4) is 0 Å². The van der Waals surface area contributed by atoms with Crippen molar-refractivity contribution < 1.29 is 14.7 Å². The lowest BCUT2D eigenvalue weighted by Gasteiger charge is -2.09. The third-order valence-corrected chi connectivity index (χ3v) is 2.96. The molecule has 20 heavy (non-hydrogen) atoms. The van der Waals surface area contributed by atoms with Crippen LogP contribution >= 0.6 is 11.6 Å². The molecule has 0 aromatic heterocycles. The molecule has 0 radical (unpaired) electrons. The number of hydrogen-bond donors (Lipinski definition) is 3. The van der Waals surface area contributed by atoms with Gasteiger partial charge in [0.15, 0.2) is 0 Å². The molecule has 1 amide bonds. The number of benzene rings is 2. The molecule has 0 aliphatic heterocycles. The zero-order valence-electron chi connectivity index (χ0n) is 10.3. The molecule has 0 spiro atoms. The molecular weight excluding hydrogens is 280 g/mol. The van der Waals surface area contributed by atoms with Gasteiger partial charge in [-0.2, -0.15) is 0 Å². The van der Waals surface area contributed by atoms with Gasteiger partial charge in [0.1, 0.15) is 0 Å². The summed E-state index contributed by atoms with van der Waals surface area (Å²) in [6.45, 7) is 0. The number of amides is 1. The predicted octanol–water partition coefficient (Wildman–Crippen LogP) is 2.87. The van der Waals surface area contributed by atoms with E-state index in [1.807, 2.05) is 0 Å². The Hall–Kier alpha value is -2.53. The van der Waals surface area contributed by atoms with Gasteiger partial charge in [-0.1, -0.05) is 23.7 Å². The summed E-state index contributed by atoms with van der Waals surface area (Å²) >= 11 is 5.94. The highest BCUT2D eigenvalue weighted by atomic mass is 35.5. The van der Waals surface area contributed by atoms with Gasteiger partial charge in [-0.3, -0.25) is 4.79 Å². The maximum absolute atomic E-state index is 12.1. The van der Waals surface area contributed by atoms with Gasteiger partial charge in [-0.25, -0.2) is 4.79 Å². The minimum absolute atomic E-state index is 0.00687. The summed E-state index contributed by atoms with van der Waals surface area (Å²) in [5.74, 6) is -1.62. The summed E-state index contributed by atoms with van der Waals surface area (Å²) in [5, 5.41) is 11.8. The number of carboxylic acid groups (broad SMARTS) is 1. The summed E-state index contributed by atoms with van der Waals surface area (Å²) in [6, 6.07) is 10.6. The van der Waals surface area contributed by atoms with Gasteiger partial charge in [0.25, 0.3) is 5.91 Å². The van der Waals surface area contributed by atoms with E-state index in [1.54, 1.807) is 18.2 Å². The number of halogens is 1. The smallest absolute Gasteiger partial charge is 0.337 e. The predicted molar refractivity (Wildman–Crippen MR) is 77.2 cm³/mol. The van der Waals surface area contributed by atoms with Crippen molar-refractivity contribution in [2.24, 2.45) is 0 Å². The van der Waals surface area contributed by atoms with Crippen LogP contribution in [-0.2, 0) is 0 Å². The molecule has 6 heteroatoms. The molecule has 0 atom stereocenters. The van der Waals surface area contributed by atoms with Gasteiger partial charge in [-0.15, -0.1) is 0 Å². The summed E-state index contributed by atoms with van der Waals surface area (Å²) in [5.41, 5.74) is 6.43. The fraction of sp³-hybridized carbons (Fsp3) is 0. The van der Waals surface area contributed by atoms with E-state index in [2.05, 4.69) is 5.32 Å². The molecule has 0 saturated carbocycles. The van der Waals surface area contributed by atoms with Crippen LogP contribution in [0.25, 0.3) is 0 Å². The molecule has 0 fully saturated rings. The Labute approximate surface area is 120 Å². The lowest BCUT2D eigenvalue weighted by Crippen LogP contribution is -2.15. The number of nitrogen functional groups attached to an aromatic ring is 1. The highest BCUT2D eigenvalue weighted by molar-refractivity contribution is 6.34. The second-order valence-corrected chi connectivity index (χ2v) is 4.45. The van der Waals surface area contributed by atoms with Crippen LogP contribution in [0.4, 0.5) is 11.4 Å². The van der Waals surface area contributed by atoms with Crippen LogP contribution in [0, 0.1) is 0 Å². The molecule has 0 saturated heterocycles. The van der Waals surface area contributed by atoms with E-state index in [9.17, 15) is 9.59 Å². The Morgan fingerprint density at radius 3 is 2.45 bits per heavy atom. The molecule has 0 aliphatic rings. The fourth-order valence-electron chi connectivity index (χ4n) is 1.68. The van der Waals surface area contributed by atoms with E-state index in [1.165, 1.54) is 24.3 Å². The summed E-state index contributed by atoms with van der Waals surface area (Å²) in [7, 11) is 0.